The summed E-state index contributed by atoms with van der Waals surface area (Å²) in [6, 6.07) is 8.16. The molecule has 0 atom stereocenters. The predicted molar refractivity (Wildman–Crippen MR) is 119 cm³/mol. The van der Waals surface area contributed by atoms with Crippen LogP contribution in [0.25, 0.3) is 11.1 Å². The van der Waals surface area contributed by atoms with Crippen LogP contribution in [0.4, 0.5) is 4.39 Å². The van der Waals surface area contributed by atoms with Crippen molar-refractivity contribution in [3.63, 3.8) is 0 Å². The number of aryl methyl sites for hydroxylation is 2. The van der Waals surface area contributed by atoms with Crippen molar-refractivity contribution in [2.24, 2.45) is 11.8 Å². The summed E-state index contributed by atoms with van der Waals surface area (Å²) >= 11 is 0. The molecule has 29 heavy (non-hydrogen) atoms. The van der Waals surface area contributed by atoms with Crippen molar-refractivity contribution in [3.05, 3.63) is 47.8 Å². The lowest BCUT2D eigenvalue weighted by Gasteiger charge is -2.28. The highest BCUT2D eigenvalue weighted by molar-refractivity contribution is 5.62. The zero-order valence-corrected chi connectivity index (χ0v) is 18.3. The Balaban J connectivity index is 1.51. The lowest BCUT2D eigenvalue weighted by molar-refractivity contribution is 0.249. The van der Waals surface area contributed by atoms with E-state index in [0.29, 0.717) is 11.4 Å². The zero-order valence-electron chi connectivity index (χ0n) is 18.3. The van der Waals surface area contributed by atoms with E-state index in [1.54, 1.807) is 6.20 Å². The van der Waals surface area contributed by atoms with E-state index in [1.807, 2.05) is 12.1 Å². The van der Waals surface area contributed by atoms with Crippen molar-refractivity contribution in [1.29, 1.82) is 0 Å². The van der Waals surface area contributed by atoms with Crippen LogP contribution < -0.4 is 0 Å². The number of unbranched alkanes of at least 4 members (excludes halogenated alkanes) is 2. The molecule has 1 aliphatic carbocycles. The van der Waals surface area contributed by atoms with Crippen molar-refractivity contribution in [2.75, 3.05) is 0 Å². The molecule has 2 nitrogen and oxygen atoms in total. The summed E-state index contributed by atoms with van der Waals surface area (Å²) in [5.74, 6) is 1.96. The smallest absolute Gasteiger partial charge is 0.224 e. The van der Waals surface area contributed by atoms with Crippen LogP contribution in [-0.2, 0) is 12.8 Å². The van der Waals surface area contributed by atoms with Crippen molar-refractivity contribution in [3.8, 4) is 11.1 Å². The summed E-state index contributed by atoms with van der Waals surface area (Å²) in [6.07, 6.45) is 16.5. The molecule has 3 rings (SSSR count). The molecule has 0 aliphatic heterocycles. The topological polar surface area (TPSA) is 25.8 Å². The number of benzene rings is 1. The van der Waals surface area contributed by atoms with Gasteiger partial charge in [0.25, 0.3) is 0 Å². The summed E-state index contributed by atoms with van der Waals surface area (Å²) in [6.45, 7) is 4.47. The van der Waals surface area contributed by atoms with Gasteiger partial charge < -0.3 is 0 Å². The molecular formula is C26H37FN2. The molecule has 1 heterocycles. The van der Waals surface area contributed by atoms with Crippen LogP contribution in [0.3, 0.4) is 0 Å². The van der Waals surface area contributed by atoms with Crippen molar-refractivity contribution in [2.45, 2.75) is 90.9 Å². The maximum Gasteiger partial charge on any atom is 0.224 e. The molecule has 0 saturated heterocycles. The molecule has 3 heteroatoms. The van der Waals surface area contributed by atoms with Gasteiger partial charge in [-0.15, -0.1) is 0 Å². The first-order valence-corrected chi connectivity index (χ1v) is 11.8. The van der Waals surface area contributed by atoms with Crippen molar-refractivity contribution >= 4 is 0 Å². The number of hydrogen-bond donors (Lipinski definition) is 0. The molecule has 158 valence electrons. The van der Waals surface area contributed by atoms with E-state index in [0.717, 1.165) is 36.7 Å². The highest BCUT2D eigenvalue weighted by Crippen LogP contribution is 2.34. The second kappa shape index (κ2) is 11.4. The third-order valence-corrected chi connectivity index (χ3v) is 6.58. The second-order valence-electron chi connectivity index (χ2n) is 8.86. The van der Waals surface area contributed by atoms with E-state index in [4.69, 9.17) is 0 Å². The van der Waals surface area contributed by atoms with Crippen LogP contribution >= 0.6 is 0 Å². The van der Waals surface area contributed by atoms with E-state index < -0.39 is 0 Å². The molecule has 0 radical (unpaired) electrons. The minimum Gasteiger partial charge on any atom is -0.241 e. The van der Waals surface area contributed by atoms with Crippen LogP contribution in [0.1, 0.15) is 89.4 Å². The Morgan fingerprint density at radius 1 is 0.862 bits per heavy atom. The van der Waals surface area contributed by atoms with E-state index in [9.17, 15) is 4.39 Å². The molecule has 0 bridgehead atoms. The van der Waals surface area contributed by atoms with Crippen molar-refractivity contribution < 1.29 is 4.39 Å². The maximum absolute atomic E-state index is 14.6. The summed E-state index contributed by atoms with van der Waals surface area (Å²) < 4.78 is 14.6. The maximum atomic E-state index is 14.6. The number of nitrogens with zero attached hydrogens (tertiary/aromatic N) is 2. The second-order valence-corrected chi connectivity index (χ2v) is 8.86. The molecule has 2 aromatic rings. The van der Waals surface area contributed by atoms with Gasteiger partial charge in [-0.05, 0) is 42.2 Å². The van der Waals surface area contributed by atoms with Gasteiger partial charge in [-0.1, -0.05) is 89.5 Å². The number of rotatable bonds is 10. The van der Waals surface area contributed by atoms with Crippen LogP contribution in [0.2, 0.25) is 0 Å². The average molecular weight is 397 g/mol. The third kappa shape index (κ3) is 6.62. The molecule has 1 saturated carbocycles. The summed E-state index contributed by atoms with van der Waals surface area (Å²) in [5, 5.41) is 0. The van der Waals surface area contributed by atoms with Gasteiger partial charge in [-0.25, -0.2) is 9.97 Å². The fourth-order valence-electron chi connectivity index (χ4n) is 4.58. The third-order valence-electron chi connectivity index (χ3n) is 6.58. The summed E-state index contributed by atoms with van der Waals surface area (Å²) in [4.78, 5) is 8.66. The fraction of sp³-hybridized carbons (Fsp3) is 0.615. The van der Waals surface area contributed by atoms with Gasteiger partial charge in [-0.2, -0.15) is 4.39 Å². The Morgan fingerprint density at radius 2 is 1.52 bits per heavy atom. The van der Waals surface area contributed by atoms with E-state index in [1.165, 1.54) is 63.4 Å². The molecule has 0 spiro atoms. The molecule has 0 amide bonds. The number of hydrogen-bond acceptors (Lipinski definition) is 2. The Bertz CT molecular complexity index is 733. The summed E-state index contributed by atoms with van der Waals surface area (Å²) in [5.41, 5.74) is 2.67. The standard InChI is InChI=1S/C26H37FN2/c1-3-5-7-20-9-11-22(12-10-20)15-18-25-28-19-24(26(27)29-25)23-16-13-21(14-17-23)8-6-4-2/h13-14,16-17,19-20,22H,3-12,15,18H2,1-2H3. The highest BCUT2D eigenvalue weighted by Gasteiger charge is 2.21. The highest BCUT2D eigenvalue weighted by atomic mass is 19.1. The van der Waals surface area contributed by atoms with Gasteiger partial charge >= 0.3 is 0 Å². The van der Waals surface area contributed by atoms with Gasteiger partial charge in [-0.3, -0.25) is 0 Å². The lowest BCUT2D eigenvalue weighted by atomic mass is 9.78. The first kappa shape index (κ1) is 21.9. The molecule has 1 aromatic carbocycles. The molecule has 1 aliphatic rings. The minimum atomic E-state index is -0.389. The molecular weight excluding hydrogens is 359 g/mol. The predicted octanol–water partition coefficient (Wildman–Crippen LogP) is 7.55. The van der Waals surface area contributed by atoms with E-state index in [-0.39, 0.29) is 5.95 Å². The first-order valence-electron chi connectivity index (χ1n) is 11.8. The quantitative estimate of drug-likeness (QED) is 0.387. The van der Waals surface area contributed by atoms with Crippen LogP contribution in [0.5, 0.6) is 0 Å². The zero-order chi connectivity index (χ0) is 20.5. The largest absolute Gasteiger partial charge is 0.241 e. The van der Waals surface area contributed by atoms with E-state index in [2.05, 4.69) is 35.9 Å². The summed E-state index contributed by atoms with van der Waals surface area (Å²) in [7, 11) is 0. The van der Waals surface area contributed by atoms with Gasteiger partial charge in [0.05, 0.1) is 5.56 Å². The van der Waals surface area contributed by atoms with Crippen LogP contribution in [-0.4, -0.2) is 9.97 Å². The molecule has 0 N–H and O–H groups in total. The minimum absolute atomic E-state index is 0.389. The SMILES string of the molecule is CCCCc1ccc(-c2cnc(CCC3CCC(CCCC)CC3)nc2F)cc1. The first-order chi connectivity index (χ1) is 14.2. The van der Waals surface area contributed by atoms with Gasteiger partial charge in [0, 0.05) is 12.6 Å². The van der Waals surface area contributed by atoms with Crippen LogP contribution in [0.15, 0.2) is 30.5 Å². The Hall–Kier alpha value is -1.77. The van der Waals surface area contributed by atoms with Gasteiger partial charge in [0.2, 0.25) is 5.95 Å². The van der Waals surface area contributed by atoms with E-state index >= 15 is 0 Å². The Labute approximate surface area is 176 Å². The van der Waals surface area contributed by atoms with Gasteiger partial charge in [0.1, 0.15) is 5.82 Å². The normalized spacial score (nSPS) is 19.4. The monoisotopic (exact) mass is 396 g/mol. The van der Waals surface area contributed by atoms with Crippen LogP contribution in [0, 0.1) is 17.8 Å². The Morgan fingerprint density at radius 3 is 2.14 bits per heavy atom. The number of aromatic nitrogens is 2. The van der Waals surface area contributed by atoms with Gasteiger partial charge in [0.15, 0.2) is 0 Å². The number of halogens is 1. The molecule has 1 fully saturated rings. The molecule has 1 aromatic heterocycles. The molecule has 0 unspecified atom stereocenters. The fourth-order valence-corrected chi connectivity index (χ4v) is 4.58. The average Bonchev–Trinajstić information content (AvgIpc) is 2.76. The van der Waals surface area contributed by atoms with Crippen molar-refractivity contribution in [1.82, 2.24) is 9.97 Å². The lowest BCUT2D eigenvalue weighted by Crippen LogP contribution is -2.15. The Kier molecular flexibility index (Phi) is 8.64.